The van der Waals surface area contributed by atoms with Crippen molar-refractivity contribution in [2.75, 3.05) is 19.6 Å². The number of para-hydroxylation sites is 8. The molecule has 0 spiro atoms. The molecule has 0 saturated heterocycles. The van der Waals surface area contributed by atoms with E-state index in [4.69, 9.17) is 0 Å². The van der Waals surface area contributed by atoms with E-state index in [2.05, 4.69) is 394 Å². The van der Waals surface area contributed by atoms with Gasteiger partial charge in [-0.1, -0.05) is 176 Å². The molecule has 0 saturated carbocycles. The summed E-state index contributed by atoms with van der Waals surface area (Å²) < 4.78 is 2.39. The Labute approximate surface area is 520 Å². The molecule has 0 amide bonds. The van der Waals surface area contributed by atoms with Crippen LogP contribution in [0.2, 0.25) is 0 Å². The standard InChI is InChI=1S/C84H61N5/c1-8-28-68(29-9-1)85(69-30-10-2-11-31-69)75-47-51-77(52-48-75)87(72-36-16-5-17-37-72)79-42-24-26-62(59-79)65-56-66(58-67(57-65)64-46-55-84-82(61-64)81-44-22-23-45-83(81)89(84)74-40-20-7-21-41-74)63-27-25-43-80(60-63)88(73-38-18-6-19-39-73)78-53-49-76(50-54-78)86(70-32-12-3-13-33-70)71-34-14-4-15-35-71/h1-61H. The van der Waals surface area contributed by atoms with Crippen LogP contribution in [0.4, 0.5) is 68.2 Å². The van der Waals surface area contributed by atoms with E-state index in [-0.39, 0.29) is 0 Å². The van der Waals surface area contributed by atoms with Crippen LogP contribution in [0.25, 0.3) is 60.9 Å². The van der Waals surface area contributed by atoms with Gasteiger partial charge in [0.2, 0.25) is 0 Å². The maximum atomic E-state index is 2.39. The topological polar surface area (TPSA) is 17.9 Å². The highest BCUT2D eigenvalue weighted by atomic mass is 15.2. The zero-order valence-corrected chi connectivity index (χ0v) is 49.0. The predicted molar refractivity (Wildman–Crippen MR) is 376 cm³/mol. The quantitative estimate of drug-likeness (QED) is 0.0959. The molecule has 0 atom stereocenters. The highest BCUT2D eigenvalue weighted by molar-refractivity contribution is 6.10. The Morgan fingerprint density at radius 1 is 0.157 bits per heavy atom. The normalized spacial score (nSPS) is 11.1. The Hall–Kier alpha value is -11.9. The van der Waals surface area contributed by atoms with E-state index >= 15 is 0 Å². The maximum Gasteiger partial charge on any atom is 0.0541 e. The van der Waals surface area contributed by atoms with Crippen molar-refractivity contribution in [3.8, 4) is 39.1 Å². The second kappa shape index (κ2) is 24.2. The van der Waals surface area contributed by atoms with Crippen molar-refractivity contribution < 1.29 is 0 Å². The molecule has 0 aliphatic carbocycles. The maximum absolute atomic E-state index is 2.39. The second-order valence-corrected chi connectivity index (χ2v) is 22.2. The van der Waals surface area contributed by atoms with Crippen LogP contribution in [0.5, 0.6) is 0 Å². The Kier molecular flexibility index (Phi) is 14.6. The minimum atomic E-state index is 1.05. The lowest BCUT2D eigenvalue weighted by atomic mass is 9.92. The third-order valence-corrected chi connectivity index (χ3v) is 16.6. The van der Waals surface area contributed by atoms with Gasteiger partial charge in [-0.15, -0.1) is 0 Å². The number of rotatable bonds is 16. The van der Waals surface area contributed by atoms with E-state index < -0.39 is 0 Å². The smallest absolute Gasteiger partial charge is 0.0541 e. The lowest BCUT2D eigenvalue weighted by molar-refractivity contribution is 1.18. The van der Waals surface area contributed by atoms with E-state index in [1.165, 1.54) is 21.8 Å². The molecule has 0 unspecified atom stereocenters. The van der Waals surface area contributed by atoms with Gasteiger partial charge in [0.15, 0.2) is 0 Å². The van der Waals surface area contributed by atoms with Crippen LogP contribution in [0.1, 0.15) is 0 Å². The Bertz CT molecular complexity index is 4560. The first kappa shape index (κ1) is 53.8. The van der Waals surface area contributed by atoms with Crippen LogP contribution >= 0.6 is 0 Å². The molecule has 0 N–H and O–H groups in total. The predicted octanol–water partition coefficient (Wildman–Crippen LogP) is 23.7. The van der Waals surface area contributed by atoms with E-state index in [0.29, 0.717) is 0 Å². The average Bonchev–Trinajstić information content (AvgIpc) is 2.01. The SMILES string of the molecule is c1ccc(N(c2ccccc2)c2ccc(N(c3ccccc3)c3cccc(-c4cc(-c5cccc(N(c6ccccc6)c6ccc(N(c7ccccc7)c7ccccc7)cc6)c5)cc(-c5ccc6c(c5)c5ccccc5n6-c5ccccc5)c4)c3)cc2)cc1. The number of anilines is 12. The van der Waals surface area contributed by atoms with E-state index in [1.807, 2.05) is 0 Å². The van der Waals surface area contributed by atoms with Gasteiger partial charge >= 0.3 is 0 Å². The fourth-order valence-corrected chi connectivity index (χ4v) is 12.5. The molecule has 422 valence electrons. The van der Waals surface area contributed by atoms with Gasteiger partial charge in [-0.2, -0.15) is 0 Å². The first-order chi connectivity index (χ1) is 44.1. The summed E-state index contributed by atoms with van der Waals surface area (Å²) in [6, 6.07) is 133. The molecule has 0 fully saturated rings. The Balaban J connectivity index is 0.858. The minimum Gasteiger partial charge on any atom is -0.311 e. The number of hydrogen-bond acceptors (Lipinski definition) is 4. The van der Waals surface area contributed by atoms with Gasteiger partial charge < -0.3 is 24.2 Å². The van der Waals surface area contributed by atoms with Crippen molar-refractivity contribution in [3.63, 3.8) is 0 Å². The lowest BCUT2D eigenvalue weighted by Crippen LogP contribution is -2.12. The molecule has 0 aliphatic heterocycles. The van der Waals surface area contributed by atoms with Gasteiger partial charge in [-0.25, -0.2) is 0 Å². The molecule has 5 heteroatoms. The lowest BCUT2D eigenvalue weighted by Gasteiger charge is -2.28. The van der Waals surface area contributed by atoms with Crippen molar-refractivity contribution >= 4 is 90.1 Å². The van der Waals surface area contributed by atoms with Gasteiger partial charge in [0, 0.05) is 84.7 Å². The summed E-state index contributed by atoms with van der Waals surface area (Å²) in [5.41, 5.74) is 23.0. The third-order valence-electron chi connectivity index (χ3n) is 16.6. The van der Waals surface area contributed by atoms with E-state index in [1.54, 1.807) is 0 Å². The molecule has 0 bridgehead atoms. The number of benzene rings is 14. The summed E-state index contributed by atoms with van der Waals surface area (Å²) in [6.45, 7) is 0. The zero-order chi connectivity index (χ0) is 59.3. The molecule has 1 heterocycles. The minimum absolute atomic E-state index is 1.05. The van der Waals surface area contributed by atoms with Crippen LogP contribution in [0.15, 0.2) is 370 Å². The summed E-state index contributed by atoms with van der Waals surface area (Å²) >= 11 is 0. The van der Waals surface area contributed by atoms with Gasteiger partial charge in [-0.05, 0) is 228 Å². The van der Waals surface area contributed by atoms with Crippen molar-refractivity contribution in [1.82, 2.24) is 4.57 Å². The van der Waals surface area contributed by atoms with Crippen molar-refractivity contribution in [1.29, 1.82) is 0 Å². The highest BCUT2D eigenvalue weighted by Crippen LogP contribution is 2.45. The third kappa shape index (κ3) is 10.9. The van der Waals surface area contributed by atoms with E-state index in [0.717, 1.165) is 107 Å². The van der Waals surface area contributed by atoms with Gasteiger partial charge in [0.05, 0.1) is 11.0 Å². The Morgan fingerprint density at radius 3 is 0.787 bits per heavy atom. The molecule has 0 radical (unpaired) electrons. The van der Waals surface area contributed by atoms with Gasteiger partial charge in [-0.3, -0.25) is 0 Å². The molecule has 1 aromatic heterocycles. The van der Waals surface area contributed by atoms with Gasteiger partial charge in [0.25, 0.3) is 0 Å². The van der Waals surface area contributed by atoms with Gasteiger partial charge in [0.1, 0.15) is 0 Å². The first-order valence-corrected chi connectivity index (χ1v) is 30.3. The molecule has 0 aliphatic rings. The monoisotopic (exact) mass is 1140 g/mol. The van der Waals surface area contributed by atoms with Crippen LogP contribution < -0.4 is 19.6 Å². The summed E-state index contributed by atoms with van der Waals surface area (Å²) in [6.07, 6.45) is 0. The van der Waals surface area contributed by atoms with Crippen molar-refractivity contribution in [2.45, 2.75) is 0 Å². The molecule has 15 rings (SSSR count). The molecule has 14 aromatic carbocycles. The van der Waals surface area contributed by atoms with Crippen LogP contribution in [0, 0.1) is 0 Å². The van der Waals surface area contributed by atoms with E-state index in [9.17, 15) is 0 Å². The number of nitrogens with zero attached hydrogens (tertiary/aromatic N) is 5. The van der Waals surface area contributed by atoms with Crippen molar-refractivity contribution in [2.24, 2.45) is 0 Å². The average molecular weight is 1140 g/mol. The first-order valence-electron chi connectivity index (χ1n) is 30.3. The fraction of sp³-hybridized carbons (Fsp3) is 0. The summed E-state index contributed by atoms with van der Waals surface area (Å²) in [4.78, 5) is 9.33. The molecular formula is C84H61N5. The molecule has 89 heavy (non-hydrogen) atoms. The molecule has 15 aromatic rings. The van der Waals surface area contributed by atoms with Crippen LogP contribution in [-0.2, 0) is 0 Å². The largest absolute Gasteiger partial charge is 0.311 e. The highest BCUT2D eigenvalue weighted by Gasteiger charge is 2.21. The van der Waals surface area contributed by atoms with Crippen LogP contribution in [0.3, 0.4) is 0 Å². The summed E-state index contributed by atoms with van der Waals surface area (Å²) in [7, 11) is 0. The number of aromatic nitrogens is 1. The molecule has 5 nitrogen and oxygen atoms in total. The second-order valence-electron chi connectivity index (χ2n) is 22.2. The summed E-state index contributed by atoms with van der Waals surface area (Å²) in [5.74, 6) is 0. The summed E-state index contributed by atoms with van der Waals surface area (Å²) in [5, 5.41) is 2.42. The number of fused-ring (bicyclic) bond motifs is 3. The number of hydrogen-bond donors (Lipinski definition) is 0. The van der Waals surface area contributed by atoms with Crippen molar-refractivity contribution in [3.05, 3.63) is 370 Å². The molecular weight excluding hydrogens is 1080 g/mol. The zero-order valence-electron chi connectivity index (χ0n) is 49.0. The Morgan fingerprint density at radius 2 is 0.427 bits per heavy atom. The van der Waals surface area contributed by atoms with Crippen LogP contribution in [-0.4, -0.2) is 4.57 Å². The fourth-order valence-electron chi connectivity index (χ4n) is 12.5.